The van der Waals surface area contributed by atoms with E-state index >= 15 is 0 Å². The fourth-order valence-corrected chi connectivity index (χ4v) is 6.16. The maximum absolute atomic E-state index is 11.9. The summed E-state index contributed by atoms with van der Waals surface area (Å²) >= 11 is 5.52. The SMILES string of the molecule is CC(C)C[C@@]1(C=O)[Se]C(=O)C(CCCl)C1C. The van der Waals surface area contributed by atoms with Gasteiger partial charge in [-0.15, -0.1) is 0 Å². The van der Waals surface area contributed by atoms with Crippen molar-refractivity contribution in [1.82, 2.24) is 0 Å². The van der Waals surface area contributed by atoms with Gasteiger partial charge in [0.1, 0.15) is 0 Å². The molecule has 0 N–H and O–H groups in total. The van der Waals surface area contributed by atoms with Gasteiger partial charge < -0.3 is 0 Å². The first-order valence-electron chi connectivity index (χ1n) is 5.72. The number of halogens is 1. The van der Waals surface area contributed by atoms with Gasteiger partial charge in [-0.05, 0) is 0 Å². The Hall–Kier alpha value is 0.149. The van der Waals surface area contributed by atoms with Crippen LogP contribution in [-0.2, 0) is 9.59 Å². The molecule has 1 saturated heterocycles. The van der Waals surface area contributed by atoms with Crippen LogP contribution in [-0.4, -0.2) is 31.8 Å². The molecular formula is C12H19ClO2Se. The van der Waals surface area contributed by atoms with Gasteiger partial charge in [-0.1, -0.05) is 0 Å². The molecule has 0 amide bonds. The zero-order chi connectivity index (χ0) is 12.3. The van der Waals surface area contributed by atoms with Gasteiger partial charge in [0.15, 0.2) is 0 Å². The topological polar surface area (TPSA) is 34.1 Å². The van der Waals surface area contributed by atoms with Crippen LogP contribution in [0, 0.1) is 17.8 Å². The molecule has 1 heterocycles. The summed E-state index contributed by atoms with van der Waals surface area (Å²) in [6.07, 6.45) is 2.60. The van der Waals surface area contributed by atoms with Gasteiger partial charge in [-0.3, -0.25) is 0 Å². The summed E-state index contributed by atoms with van der Waals surface area (Å²) in [6, 6.07) is 0. The summed E-state index contributed by atoms with van der Waals surface area (Å²) in [5, 5.41) is 0. The molecule has 0 aromatic heterocycles. The average Bonchev–Trinajstić information content (AvgIpc) is 2.43. The molecule has 0 spiro atoms. The van der Waals surface area contributed by atoms with Crippen molar-refractivity contribution in [2.45, 2.75) is 37.9 Å². The Morgan fingerprint density at radius 3 is 2.62 bits per heavy atom. The summed E-state index contributed by atoms with van der Waals surface area (Å²) in [7, 11) is 0. The van der Waals surface area contributed by atoms with E-state index in [1.807, 2.05) is 6.92 Å². The quantitative estimate of drug-likeness (QED) is 0.444. The van der Waals surface area contributed by atoms with Crippen LogP contribution in [0.2, 0.25) is 4.31 Å². The van der Waals surface area contributed by atoms with E-state index < -0.39 is 0 Å². The van der Waals surface area contributed by atoms with E-state index in [2.05, 4.69) is 13.8 Å². The first-order valence-corrected chi connectivity index (χ1v) is 7.96. The predicted molar refractivity (Wildman–Crippen MR) is 67.0 cm³/mol. The molecule has 1 aliphatic heterocycles. The van der Waals surface area contributed by atoms with Crippen molar-refractivity contribution < 1.29 is 9.59 Å². The second-order valence-electron chi connectivity index (χ2n) is 4.96. The van der Waals surface area contributed by atoms with E-state index in [1.54, 1.807) is 0 Å². The molecule has 0 aliphatic carbocycles. The Bertz CT molecular complexity index is 280. The van der Waals surface area contributed by atoms with Crippen molar-refractivity contribution in [2.24, 2.45) is 17.8 Å². The summed E-state index contributed by atoms with van der Waals surface area (Å²) in [4.78, 5) is 23.3. The van der Waals surface area contributed by atoms with Crippen molar-refractivity contribution in [3.05, 3.63) is 0 Å². The Kier molecular flexibility index (Phi) is 5.03. The molecule has 1 rings (SSSR count). The molecule has 92 valence electrons. The van der Waals surface area contributed by atoms with Gasteiger partial charge in [-0.2, -0.15) is 0 Å². The molecule has 1 fully saturated rings. The third kappa shape index (κ3) is 2.69. The minimum atomic E-state index is -0.366. The molecule has 1 aliphatic rings. The molecule has 4 heteroatoms. The summed E-state index contributed by atoms with van der Waals surface area (Å²) in [5.41, 5.74) is 0. The van der Waals surface area contributed by atoms with E-state index in [0.717, 1.165) is 19.1 Å². The van der Waals surface area contributed by atoms with Crippen LogP contribution >= 0.6 is 11.6 Å². The van der Waals surface area contributed by atoms with Crippen LogP contribution in [0.5, 0.6) is 0 Å². The zero-order valence-electron chi connectivity index (χ0n) is 10.0. The monoisotopic (exact) mass is 310 g/mol. The van der Waals surface area contributed by atoms with Crippen LogP contribution in [0.25, 0.3) is 0 Å². The van der Waals surface area contributed by atoms with Gasteiger partial charge >= 0.3 is 109 Å². The summed E-state index contributed by atoms with van der Waals surface area (Å²) in [5.74, 6) is 1.14. The van der Waals surface area contributed by atoms with Gasteiger partial charge in [0.25, 0.3) is 0 Å². The van der Waals surface area contributed by atoms with Crippen LogP contribution in [0.15, 0.2) is 0 Å². The number of alkyl halides is 1. The fraction of sp³-hybridized carbons (Fsp3) is 0.833. The minimum absolute atomic E-state index is 0.0152. The fourth-order valence-electron chi connectivity index (χ4n) is 2.43. The van der Waals surface area contributed by atoms with E-state index in [9.17, 15) is 9.59 Å². The molecule has 16 heavy (non-hydrogen) atoms. The molecule has 0 radical (unpaired) electrons. The van der Waals surface area contributed by atoms with E-state index in [4.69, 9.17) is 11.6 Å². The van der Waals surface area contributed by atoms with E-state index in [0.29, 0.717) is 11.8 Å². The first-order chi connectivity index (χ1) is 7.46. The Balaban J connectivity index is 2.88. The molecule has 0 bridgehead atoms. The molecule has 2 unspecified atom stereocenters. The second kappa shape index (κ2) is 5.66. The number of rotatable bonds is 5. The first kappa shape index (κ1) is 14.2. The summed E-state index contributed by atoms with van der Waals surface area (Å²) < 4.78 is -0.0805. The molecule has 0 saturated carbocycles. The zero-order valence-corrected chi connectivity index (χ0v) is 12.5. The standard InChI is InChI=1S/C12H19ClO2Se/c1-8(2)6-12(7-14)9(3)10(4-5-13)11(15)16-12/h7-10H,4-6H2,1-3H3/t9?,10?,12-/m0/s1. The number of carbonyl (C=O) groups excluding carboxylic acids is 2. The van der Waals surface area contributed by atoms with Crippen LogP contribution in [0.4, 0.5) is 0 Å². The van der Waals surface area contributed by atoms with Crippen molar-refractivity contribution in [3.8, 4) is 0 Å². The third-order valence-corrected chi connectivity index (χ3v) is 6.72. The number of hydrogen-bond donors (Lipinski definition) is 0. The molecule has 0 aromatic rings. The Morgan fingerprint density at radius 2 is 2.19 bits per heavy atom. The van der Waals surface area contributed by atoms with Crippen LogP contribution in [0.3, 0.4) is 0 Å². The van der Waals surface area contributed by atoms with Gasteiger partial charge in [0.2, 0.25) is 0 Å². The van der Waals surface area contributed by atoms with Gasteiger partial charge in [0, 0.05) is 0 Å². The third-order valence-electron chi connectivity index (χ3n) is 3.31. The molecule has 0 aromatic carbocycles. The van der Waals surface area contributed by atoms with Crippen LogP contribution < -0.4 is 0 Å². The predicted octanol–water partition coefficient (Wildman–Crippen LogP) is 2.52. The van der Waals surface area contributed by atoms with Crippen molar-refractivity contribution in [2.75, 3.05) is 5.88 Å². The van der Waals surface area contributed by atoms with Gasteiger partial charge in [-0.25, -0.2) is 0 Å². The van der Waals surface area contributed by atoms with E-state index in [1.165, 1.54) is 0 Å². The Morgan fingerprint density at radius 1 is 1.56 bits per heavy atom. The van der Waals surface area contributed by atoms with Crippen molar-refractivity contribution in [1.29, 1.82) is 0 Å². The molecular weight excluding hydrogens is 291 g/mol. The molecule has 2 nitrogen and oxygen atoms in total. The van der Waals surface area contributed by atoms with Gasteiger partial charge in [0.05, 0.1) is 0 Å². The molecule has 3 atom stereocenters. The summed E-state index contributed by atoms with van der Waals surface area (Å²) in [6.45, 7) is 6.25. The Labute approximate surface area is 109 Å². The van der Waals surface area contributed by atoms with Crippen LogP contribution in [0.1, 0.15) is 33.6 Å². The number of hydrogen-bond acceptors (Lipinski definition) is 2. The van der Waals surface area contributed by atoms with E-state index in [-0.39, 0.29) is 35.8 Å². The van der Waals surface area contributed by atoms with Crippen molar-refractivity contribution in [3.63, 3.8) is 0 Å². The number of carbonyl (C=O) groups is 2. The normalized spacial score (nSPS) is 34.7. The maximum atomic E-state index is 11.9. The number of aldehydes is 1. The average molecular weight is 310 g/mol. The second-order valence-corrected chi connectivity index (χ2v) is 8.21. The van der Waals surface area contributed by atoms with Crippen molar-refractivity contribution >= 4 is 37.5 Å².